The Morgan fingerprint density at radius 2 is 1.88 bits per heavy atom. The summed E-state index contributed by atoms with van der Waals surface area (Å²) in [5.74, 6) is 0.955. The molecule has 0 fully saturated rings. The van der Waals surface area contributed by atoms with E-state index in [1.807, 2.05) is 26.1 Å². The Bertz CT molecular complexity index is 454. The lowest BCUT2D eigenvalue weighted by Crippen LogP contribution is -2.17. The average Bonchev–Trinajstić information content (AvgIpc) is 2.30. The van der Waals surface area contributed by atoms with E-state index in [2.05, 4.69) is 39.1 Å². The van der Waals surface area contributed by atoms with Crippen LogP contribution < -0.4 is 4.90 Å². The van der Waals surface area contributed by atoms with Crippen molar-refractivity contribution >= 4 is 5.82 Å². The van der Waals surface area contributed by atoms with Crippen molar-refractivity contribution in [3.63, 3.8) is 0 Å². The summed E-state index contributed by atoms with van der Waals surface area (Å²) < 4.78 is 0. The molecule has 3 nitrogen and oxygen atoms in total. The molecule has 16 heavy (non-hydrogen) atoms. The van der Waals surface area contributed by atoms with Crippen molar-refractivity contribution in [3.8, 4) is 0 Å². The molecule has 0 aliphatic heterocycles. The molecule has 0 spiro atoms. The Labute approximate surface area is 95.8 Å². The summed E-state index contributed by atoms with van der Waals surface area (Å²) in [7, 11) is 2.04. The van der Waals surface area contributed by atoms with Crippen molar-refractivity contribution in [1.82, 2.24) is 9.97 Å². The van der Waals surface area contributed by atoms with Crippen molar-refractivity contribution in [2.24, 2.45) is 0 Å². The number of nitrogens with zero attached hydrogens (tertiary/aromatic N) is 3. The van der Waals surface area contributed by atoms with Crippen LogP contribution in [0.15, 0.2) is 42.7 Å². The molecule has 0 saturated carbocycles. The monoisotopic (exact) mass is 213 g/mol. The van der Waals surface area contributed by atoms with Crippen LogP contribution in [0.5, 0.6) is 0 Å². The van der Waals surface area contributed by atoms with Crippen molar-refractivity contribution in [3.05, 3.63) is 54.0 Å². The normalized spacial score (nSPS) is 10.1. The number of benzene rings is 1. The molecule has 2 rings (SSSR count). The van der Waals surface area contributed by atoms with E-state index in [1.165, 1.54) is 5.56 Å². The fraction of sp³-hybridized carbons (Fsp3) is 0.231. The van der Waals surface area contributed by atoms with E-state index in [0.29, 0.717) is 0 Å². The Kier molecular flexibility index (Phi) is 3.15. The molecular formula is C13H15N3. The Morgan fingerprint density at radius 3 is 2.56 bits per heavy atom. The van der Waals surface area contributed by atoms with Crippen molar-refractivity contribution in [2.45, 2.75) is 13.5 Å². The van der Waals surface area contributed by atoms with Crippen LogP contribution in [0.4, 0.5) is 5.82 Å². The second-order valence-electron chi connectivity index (χ2n) is 3.86. The van der Waals surface area contributed by atoms with E-state index < -0.39 is 0 Å². The van der Waals surface area contributed by atoms with Gasteiger partial charge in [-0.05, 0) is 12.5 Å². The fourth-order valence-corrected chi connectivity index (χ4v) is 1.59. The van der Waals surface area contributed by atoms with Crippen LogP contribution >= 0.6 is 0 Å². The summed E-state index contributed by atoms with van der Waals surface area (Å²) in [4.78, 5) is 10.5. The lowest BCUT2D eigenvalue weighted by atomic mass is 10.2. The summed E-state index contributed by atoms with van der Waals surface area (Å²) in [5.41, 5.74) is 2.27. The Morgan fingerprint density at radius 1 is 1.12 bits per heavy atom. The molecule has 0 amide bonds. The summed E-state index contributed by atoms with van der Waals surface area (Å²) >= 11 is 0. The third-order valence-corrected chi connectivity index (χ3v) is 2.44. The number of hydrogen-bond donors (Lipinski definition) is 0. The van der Waals surface area contributed by atoms with Crippen LogP contribution in [0.1, 0.15) is 11.3 Å². The highest BCUT2D eigenvalue weighted by Gasteiger charge is 2.03. The quantitative estimate of drug-likeness (QED) is 0.784. The number of hydrogen-bond acceptors (Lipinski definition) is 3. The highest BCUT2D eigenvalue weighted by molar-refractivity contribution is 5.38. The van der Waals surface area contributed by atoms with Gasteiger partial charge in [-0.1, -0.05) is 30.3 Å². The molecular weight excluding hydrogens is 198 g/mol. The van der Waals surface area contributed by atoms with Gasteiger partial charge in [0, 0.05) is 25.4 Å². The first-order valence-corrected chi connectivity index (χ1v) is 5.29. The van der Waals surface area contributed by atoms with Crippen molar-refractivity contribution in [2.75, 3.05) is 11.9 Å². The second kappa shape index (κ2) is 4.75. The maximum atomic E-state index is 4.25. The molecule has 0 unspecified atom stereocenters. The summed E-state index contributed by atoms with van der Waals surface area (Å²) in [5, 5.41) is 0. The van der Waals surface area contributed by atoms with E-state index >= 15 is 0 Å². The molecule has 1 heterocycles. The van der Waals surface area contributed by atoms with Gasteiger partial charge in [-0.2, -0.15) is 0 Å². The molecule has 2 aromatic rings. The molecule has 0 saturated heterocycles. The van der Waals surface area contributed by atoms with Gasteiger partial charge in [0.2, 0.25) is 0 Å². The van der Waals surface area contributed by atoms with E-state index in [-0.39, 0.29) is 0 Å². The number of anilines is 1. The maximum Gasteiger partial charge on any atom is 0.132 e. The zero-order valence-electron chi connectivity index (χ0n) is 9.59. The predicted molar refractivity (Wildman–Crippen MR) is 65.3 cm³/mol. The van der Waals surface area contributed by atoms with Gasteiger partial charge in [0.25, 0.3) is 0 Å². The molecule has 1 aromatic carbocycles. The Balaban J connectivity index is 2.12. The van der Waals surface area contributed by atoms with Gasteiger partial charge in [-0.25, -0.2) is 9.97 Å². The third-order valence-electron chi connectivity index (χ3n) is 2.44. The minimum atomic E-state index is 0.858. The molecule has 0 atom stereocenters. The van der Waals surface area contributed by atoms with Gasteiger partial charge < -0.3 is 4.90 Å². The molecule has 82 valence electrons. The summed E-state index contributed by atoms with van der Waals surface area (Å²) in [6.45, 7) is 2.83. The van der Waals surface area contributed by atoms with Crippen LogP contribution in [0, 0.1) is 6.92 Å². The molecule has 0 aliphatic rings. The first-order chi connectivity index (χ1) is 7.75. The lowest BCUT2D eigenvalue weighted by molar-refractivity contribution is 0.886. The fourth-order valence-electron chi connectivity index (χ4n) is 1.59. The van der Waals surface area contributed by atoms with Gasteiger partial charge in [0.15, 0.2) is 0 Å². The molecule has 0 aliphatic carbocycles. The molecule has 0 bridgehead atoms. The van der Waals surface area contributed by atoms with E-state index in [9.17, 15) is 0 Å². The highest BCUT2D eigenvalue weighted by Crippen LogP contribution is 2.12. The topological polar surface area (TPSA) is 29.0 Å². The SMILES string of the molecule is Cc1cc(N(C)Cc2ccccc2)ncn1. The minimum Gasteiger partial charge on any atom is -0.355 e. The van der Waals surface area contributed by atoms with Gasteiger partial charge in [-0.3, -0.25) is 0 Å². The molecule has 3 heteroatoms. The number of aryl methyl sites for hydroxylation is 1. The first kappa shape index (κ1) is 10.6. The third kappa shape index (κ3) is 2.57. The van der Waals surface area contributed by atoms with Crippen molar-refractivity contribution < 1.29 is 0 Å². The smallest absolute Gasteiger partial charge is 0.132 e. The zero-order chi connectivity index (χ0) is 11.4. The van der Waals surface area contributed by atoms with Crippen LogP contribution in [-0.4, -0.2) is 17.0 Å². The van der Waals surface area contributed by atoms with Crippen molar-refractivity contribution in [1.29, 1.82) is 0 Å². The van der Waals surface area contributed by atoms with E-state index in [1.54, 1.807) is 6.33 Å². The second-order valence-corrected chi connectivity index (χ2v) is 3.86. The molecule has 0 N–H and O–H groups in total. The van der Waals surface area contributed by atoms with Gasteiger partial charge >= 0.3 is 0 Å². The lowest BCUT2D eigenvalue weighted by Gasteiger charge is -2.18. The Hall–Kier alpha value is -1.90. The van der Waals surface area contributed by atoms with Crippen LogP contribution in [0.25, 0.3) is 0 Å². The van der Waals surface area contributed by atoms with Gasteiger partial charge in [0.05, 0.1) is 0 Å². The predicted octanol–water partition coefficient (Wildman–Crippen LogP) is 2.42. The summed E-state index contributed by atoms with van der Waals surface area (Å²) in [6, 6.07) is 12.3. The van der Waals surface area contributed by atoms with Gasteiger partial charge in [-0.15, -0.1) is 0 Å². The van der Waals surface area contributed by atoms with E-state index in [4.69, 9.17) is 0 Å². The van der Waals surface area contributed by atoms with Crippen LogP contribution in [0.3, 0.4) is 0 Å². The number of aromatic nitrogens is 2. The van der Waals surface area contributed by atoms with Crippen LogP contribution in [-0.2, 0) is 6.54 Å². The molecule has 0 radical (unpaired) electrons. The number of rotatable bonds is 3. The highest BCUT2D eigenvalue weighted by atomic mass is 15.2. The zero-order valence-corrected chi connectivity index (χ0v) is 9.59. The summed E-state index contributed by atoms with van der Waals surface area (Å²) in [6.07, 6.45) is 1.60. The standard InChI is InChI=1S/C13H15N3/c1-11-8-13(15-10-14-11)16(2)9-12-6-4-3-5-7-12/h3-8,10H,9H2,1-2H3. The van der Waals surface area contributed by atoms with Crippen LogP contribution in [0.2, 0.25) is 0 Å². The van der Waals surface area contributed by atoms with Gasteiger partial charge in [0.1, 0.15) is 12.1 Å². The minimum absolute atomic E-state index is 0.858. The first-order valence-electron chi connectivity index (χ1n) is 5.29. The van der Waals surface area contributed by atoms with E-state index in [0.717, 1.165) is 18.1 Å². The maximum absolute atomic E-state index is 4.25. The largest absolute Gasteiger partial charge is 0.355 e. The molecule has 1 aromatic heterocycles. The average molecular weight is 213 g/mol.